The third-order valence-electron chi connectivity index (χ3n) is 3.20. The number of halogens is 1. The molecule has 0 radical (unpaired) electrons. The molecule has 4 nitrogen and oxygen atoms in total. The van der Waals surface area contributed by atoms with Crippen molar-refractivity contribution < 1.29 is 19.0 Å². The number of hydrogen-bond acceptors (Lipinski definition) is 4. The maximum atomic E-state index is 10.7. The normalized spacial score (nSPS) is 10.2. The van der Waals surface area contributed by atoms with Gasteiger partial charge in [-0.25, -0.2) is 0 Å². The molecule has 2 aromatic carbocycles. The zero-order valence-corrected chi connectivity index (χ0v) is 14.5. The van der Waals surface area contributed by atoms with Gasteiger partial charge < -0.3 is 14.2 Å². The summed E-state index contributed by atoms with van der Waals surface area (Å²) in [6, 6.07) is 12.9. The van der Waals surface area contributed by atoms with Gasteiger partial charge in [0.1, 0.15) is 12.0 Å². The van der Waals surface area contributed by atoms with Crippen LogP contribution in [0.2, 0.25) is 0 Å². The Morgan fingerprint density at radius 2 is 1.65 bits per heavy atom. The molecule has 0 amide bonds. The molecule has 0 fully saturated rings. The van der Waals surface area contributed by atoms with Gasteiger partial charge >= 0.3 is 0 Å². The minimum atomic E-state index is 0.567. The minimum Gasteiger partial charge on any atom is -0.494 e. The summed E-state index contributed by atoms with van der Waals surface area (Å²) < 4.78 is 17.6. The van der Waals surface area contributed by atoms with Crippen LogP contribution in [0.25, 0.3) is 0 Å². The van der Waals surface area contributed by atoms with Gasteiger partial charge in [0.05, 0.1) is 20.3 Å². The lowest BCUT2D eigenvalue weighted by molar-refractivity contribution is 0.112. The highest BCUT2D eigenvalue weighted by Gasteiger charge is 2.05. The first-order valence-corrected chi connectivity index (χ1v) is 8.16. The maximum absolute atomic E-state index is 10.7. The van der Waals surface area contributed by atoms with Crippen molar-refractivity contribution in [1.29, 1.82) is 0 Å². The van der Waals surface area contributed by atoms with Crippen LogP contribution >= 0.6 is 15.9 Å². The first kappa shape index (κ1) is 17.3. The van der Waals surface area contributed by atoms with E-state index in [1.54, 1.807) is 25.3 Å². The van der Waals surface area contributed by atoms with E-state index in [0.29, 0.717) is 30.3 Å². The monoisotopic (exact) mass is 378 g/mol. The fraction of sp³-hybridized carbons (Fsp3) is 0.278. The Morgan fingerprint density at radius 3 is 2.30 bits per heavy atom. The highest BCUT2D eigenvalue weighted by molar-refractivity contribution is 9.10. The van der Waals surface area contributed by atoms with Crippen LogP contribution in [0.1, 0.15) is 23.2 Å². The molecule has 0 aliphatic carbocycles. The number of carbonyl (C=O) groups excluding carboxylic acids is 1. The van der Waals surface area contributed by atoms with E-state index < -0.39 is 0 Å². The van der Waals surface area contributed by atoms with Crippen molar-refractivity contribution in [1.82, 2.24) is 0 Å². The molecule has 0 bridgehead atoms. The van der Waals surface area contributed by atoms with E-state index in [-0.39, 0.29) is 0 Å². The smallest absolute Gasteiger partial charge is 0.161 e. The van der Waals surface area contributed by atoms with Crippen LogP contribution in [-0.4, -0.2) is 26.6 Å². The molecule has 122 valence electrons. The van der Waals surface area contributed by atoms with E-state index in [9.17, 15) is 4.79 Å². The predicted octanol–water partition coefficient (Wildman–Crippen LogP) is 4.51. The molecule has 23 heavy (non-hydrogen) atoms. The van der Waals surface area contributed by atoms with Gasteiger partial charge in [0.25, 0.3) is 0 Å². The van der Waals surface area contributed by atoms with E-state index in [0.717, 1.165) is 29.4 Å². The topological polar surface area (TPSA) is 44.8 Å². The number of carbonyl (C=O) groups is 1. The van der Waals surface area contributed by atoms with E-state index in [1.807, 2.05) is 24.3 Å². The summed E-state index contributed by atoms with van der Waals surface area (Å²) in [5.41, 5.74) is 0.567. The van der Waals surface area contributed by atoms with Crippen LogP contribution in [0.15, 0.2) is 46.9 Å². The number of aldehydes is 1. The lowest BCUT2D eigenvalue weighted by atomic mass is 10.2. The summed E-state index contributed by atoms with van der Waals surface area (Å²) in [5.74, 6) is 2.08. The number of rotatable bonds is 9. The van der Waals surface area contributed by atoms with E-state index >= 15 is 0 Å². The van der Waals surface area contributed by atoms with E-state index in [2.05, 4.69) is 15.9 Å². The summed E-state index contributed by atoms with van der Waals surface area (Å²) in [5, 5.41) is 0. The molecule has 0 atom stereocenters. The molecular weight excluding hydrogens is 360 g/mol. The van der Waals surface area contributed by atoms with Crippen molar-refractivity contribution in [2.75, 3.05) is 20.3 Å². The first-order chi connectivity index (χ1) is 11.2. The van der Waals surface area contributed by atoms with Gasteiger partial charge in [0, 0.05) is 10.0 Å². The molecule has 2 aromatic rings. The largest absolute Gasteiger partial charge is 0.494 e. The molecule has 0 aliphatic rings. The molecule has 0 aliphatic heterocycles. The quantitative estimate of drug-likeness (QED) is 0.475. The molecule has 0 spiro atoms. The van der Waals surface area contributed by atoms with Gasteiger partial charge in [0.2, 0.25) is 0 Å². The van der Waals surface area contributed by atoms with Gasteiger partial charge in [0.15, 0.2) is 11.5 Å². The zero-order chi connectivity index (χ0) is 16.5. The average Bonchev–Trinajstić information content (AvgIpc) is 2.59. The highest BCUT2D eigenvalue weighted by atomic mass is 79.9. The molecule has 2 rings (SSSR count). The molecule has 5 heteroatoms. The lowest BCUT2D eigenvalue weighted by Gasteiger charge is -2.11. The Morgan fingerprint density at radius 1 is 0.957 bits per heavy atom. The Hall–Kier alpha value is -2.01. The van der Waals surface area contributed by atoms with Gasteiger partial charge in [-0.15, -0.1) is 0 Å². The molecule has 0 N–H and O–H groups in total. The van der Waals surface area contributed by atoms with Crippen molar-refractivity contribution in [2.45, 2.75) is 12.8 Å². The average molecular weight is 379 g/mol. The van der Waals surface area contributed by atoms with E-state index in [1.165, 1.54) is 0 Å². The molecule has 0 saturated heterocycles. The standard InChI is InChI=1S/C18H19BrO4/c1-21-18-12-14(13-20)4-9-17(18)23-11-3-2-10-22-16-7-5-15(19)6-8-16/h4-9,12-13H,2-3,10-11H2,1H3. The molecule has 0 saturated carbocycles. The number of benzene rings is 2. The molecular formula is C18H19BrO4. The van der Waals surface area contributed by atoms with Gasteiger partial charge in [-0.2, -0.15) is 0 Å². The summed E-state index contributed by atoms with van der Waals surface area (Å²) in [7, 11) is 1.56. The minimum absolute atomic E-state index is 0.567. The van der Waals surface area contributed by atoms with Crippen molar-refractivity contribution in [3.63, 3.8) is 0 Å². The number of methoxy groups -OCH3 is 1. The third kappa shape index (κ3) is 5.60. The summed E-state index contributed by atoms with van der Waals surface area (Å²) in [6.45, 7) is 1.21. The summed E-state index contributed by atoms with van der Waals surface area (Å²) >= 11 is 3.39. The second-order valence-corrected chi connectivity index (χ2v) is 5.80. The lowest BCUT2D eigenvalue weighted by Crippen LogP contribution is -2.03. The van der Waals surface area contributed by atoms with Crippen LogP contribution in [0.4, 0.5) is 0 Å². The van der Waals surface area contributed by atoms with Crippen molar-refractivity contribution >= 4 is 22.2 Å². The van der Waals surface area contributed by atoms with Gasteiger partial charge in [-0.3, -0.25) is 4.79 Å². The molecule has 0 unspecified atom stereocenters. The van der Waals surface area contributed by atoms with Crippen LogP contribution in [0.3, 0.4) is 0 Å². The predicted molar refractivity (Wildman–Crippen MR) is 92.7 cm³/mol. The van der Waals surface area contributed by atoms with Gasteiger partial charge in [-0.1, -0.05) is 15.9 Å². The fourth-order valence-corrected chi connectivity index (χ4v) is 2.25. The molecule has 0 heterocycles. The van der Waals surface area contributed by atoms with Crippen molar-refractivity contribution in [3.05, 3.63) is 52.5 Å². The highest BCUT2D eigenvalue weighted by Crippen LogP contribution is 2.27. The Bertz CT molecular complexity index is 625. The van der Waals surface area contributed by atoms with Crippen LogP contribution < -0.4 is 14.2 Å². The second kappa shape index (κ2) is 9.20. The SMILES string of the molecule is COc1cc(C=O)ccc1OCCCCOc1ccc(Br)cc1. The van der Waals surface area contributed by atoms with Crippen LogP contribution in [0, 0.1) is 0 Å². The fourth-order valence-electron chi connectivity index (χ4n) is 1.98. The number of unbranched alkanes of at least 4 members (excludes halogenated alkanes) is 1. The zero-order valence-electron chi connectivity index (χ0n) is 13.0. The third-order valence-corrected chi connectivity index (χ3v) is 3.73. The van der Waals surface area contributed by atoms with Crippen molar-refractivity contribution in [2.24, 2.45) is 0 Å². The number of hydrogen-bond donors (Lipinski definition) is 0. The van der Waals surface area contributed by atoms with Crippen LogP contribution in [-0.2, 0) is 0 Å². The first-order valence-electron chi connectivity index (χ1n) is 7.37. The maximum Gasteiger partial charge on any atom is 0.161 e. The number of ether oxygens (including phenoxy) is 3. The van der Waals surface area contributed by atoms with E-state index in [4.69, 9.17) is 14.2 Å². The Labute approximate surface area is 144 Å². The van der Waals surface area contributed by atoms with Crippen molar-refractivity contribution in [3.8, 4) is 17.2 Å². The second-order valence-electron chi connectivity index (χ2n) is 4.89. The Kier molecular flexibility index (Phi) is 6.94. The Balaban J connectivity index is 1.69. The summed E-state index contributed by atoms with van der Waals surface area (Å²) in [6.07, 6.45) is 2.55. The molecule has 0 aromatic heterocycles. The van der Waals surface area contributed by atoms with Gasteiger partial charge in [-0.05, 0) is 55.3 Å². The summed E-state index contributed by atoms with van der Waals surface area (Å²) in [4.78, 5) is 10.7. The van der Waals surface area contributed by atoms with Crippen LogP contribution in [0.5, 0.6) is 17.2 Å².